The van der Waals surface area contributed by atoms with E-state index in [1.54, 1.807) is 11.3 Å². The van der Waals surface area contributed by atoms with Gasteiger partial charge in [0.15, 0.2) is 0 Å². The molecule has 0 unspecified atom stereocenters. The number of hydrogen-bond acceptors (Lipinski definition) is 3. The SMILES string of the molecule is C[C@@H]1CNC[C@H](C)N1Cc1ccsc1.Cl. The molecule has 1 aliphatic heterocycles. The Hall–Kier alpha value is -0.0900. The Morgan fingerprint density at radius 3 is 2.60 bits per heavy atom. The molecule has 1 fully saturated rings. The molecule has 0 aromatic carbocycles. The van der Waals surface area contributed by atoms with E-state index in [1.165, 1.54) is 5.56 Å². The summed E-state index contributed by atoms with van der Waals surface area (Å²) < 4.78 is 0. The summed E-state index contributed by atoms with van der Waals surface area (Å²) in [5, 5.41) is 7.87. The molecule has 1 aromatic heterocycles. The lowest BCUT2D eigenvalue weighted by Crippen LogP contribution is -2.54. The normalized spacial score (nSPS) is 27.3. The topological polar surface area (TPSA) is 15.3 Å². The summed E-state index contributed by atoms with van der Waals surface area (Å²) in [6, 6.07) is 3.53. The van der Waals surface area contributed by atoms with Crippen LogP contribution in [0.1, 0.15) is 19.4 Å². The molecule has 0 amide bonds. The summed E-state index contributed by atoms with van der Waals surface area (Å²) in [4.78, 5) is 2.58. The number of halogens is 1. The molecule has 15 heavy (non-hydrogen) atoms. The summed E-state index contributed by atoms with van der Waals surface area (Å²) >= 11 is 1.79. The maximum absolute atomic E-state index is 3.45. The van der Waals surface area contributed by atoms with Crippen LogP contribution in [-0.4, -0.2) is 30.1 Å². The molecule has 1 aromatic rings. The van der Waals surface area contributed by atoms with Crippen molar-refractivity contribution in [1.82, 2.24) is 10.2 Å². The Labute approximate surface area is 102 Å². The Morgan fingerprint density at radius 2 is 2.07 bits per heavy atom. The molecular formula is C11H19ClN2S. The molecule has 0 spiro atoms. The Bertz CT molecular complexity index is 266. The third-order valence-electron chi connectivity index (χ3n) is 2.96. The molecule has 86 valence electrons. The van der Waals surface area contributed by atoms with Crippen LogP contribution in [0.15, 0.2) is 16.8 Å². The first kappa shape index (κ1) is 13.0. The van der Waals surface area contributed by atoms with Gasteiger partial charge >= 0.3 is 0 Å². The van der Waals surface area contributed by atoms with Crippen molar-refractivity contribution in [3.05, 3.63) is 22.4 Å². The van der Waals surface area contributed by atoms with Crippen LogP contribution < -0.4 is 5.32 Å². The molecule has 0 bridgehead atoms. The number of hydrogen-bond donors (Lipinski definition) is 1. The average molecular weight is 247 g/mol. The van der Waals surface area contributed by atoms with Crippen LogP contribution in [-0.2, 0) is 6.54 Å². The standard InChI is InChI=1S/C11H18N2S.ClH/c1-9-5-12-6-10(2)13(9)7-11-3-4-14-8-11;/h3-4,8-10,12H,5-7H2,1-2H3;1H/t9-,10+;. The van der Waals surface area contributed by atoms with Crippen molar-refractivity contribution >= 4 is 23.7 Å². The third kappa shape index (κ3) is 3.18. The van der Waals surface area contributed by atoms with Gasteiger partial charge in [-0.15, -0.1) is 12.4 Å². The van der Waals surface area contributed by atoms with Gasteiger partial charge in [-0.05, 0) is 36.2 Å². The molecule has 1 saturated heterocycles. The fourth-order valence-electron chi connectivity index (χ4n) is 2.08. The minimum atomic E-state index is 0. The zero-order valence-electron chi connectivity index (χ0n) is 9.27. The second kappa shape index (κ2) is 5.85. The van der Waals surface area contributed by atoms with E-state index >= 15 is 0 Å². The van der Waals surface area contributed by atoms with Gasteiger partial charge in [0.05, 0.1) is 0 Å². The van der Waals surface area contributed by atoms with Crippen LogP contribution >= 0.6 is 23.7 Å². The Morgan fingerprint density at radius 1 is 1.40 bits per heavy atom. The molecule has 4 heteroatoms. The lowest BCUT2D eigenvalue weighted by molar-refractivity contribution is 0.109. The summed E-state index contributed by atoms with van der Waals surface area (Å²) in [5.41, 5.74) is 1.45. The number of thiophene rings is 1. The first-order valence-corrected chi connectivity index (χ1v) is 6.19. The predicted octanol–water partition coefficient (Wildman–Crippen LogP) is 2.35. The molecule has 2 nitrogen and oxygen atoms in total. The van der Waals surface area contributed by atoms with Gasteiger partial charge in [-0.1, -0.05) is 0 Å². The zero-order valence-corrected chi connectivity index (χ0v) is 10.9. The van der Waals surface area contributed by atoms with Crippen LogP contribution in [0.25, 0.3) is 0 Å². The van der Waals surface area contributed by atoms with E-state index in [1.807, 2.05) is 0 Å². The predicted molar refractivity (Wildman–Crippen MR) is 68.9 cm³/mol. The molecule has 2 atom stereocenters. The fourth-order valence-corrected chi connectivity index (χ4v) is 2.73. The number of nitrogens with one attached hydrogen (secondary N) is 1. The smallest absolute Gasteiger partial charge is 0.0248 e. The van der Waals surface area contributed by atoms with Crippen molar-refractivity contribution in [2.24, 2.45) is 0 Å². The molecule has 0 aliphatic carbocycles. The lowest BCUT2D eigenvalue weighted by Gasteiger charge is -2.39. The van der Waals surface area contributed by atoms with Gasteiger partial charge < -0.3 is 5.32 Å². The summed E-state index contributed by atoms with van der Waals surface area (Å²) in [7, 11) is 0. The number of rotatable bonds is 2. The van der Waals surface area contributed by atoms with Crippen molar-refractivity contribution in [2.75, 3.05) is 13.1 Å². The second-order valence-electron chi connectivity index (χ2n) is 4.16. The van der Waals surface area contributed by atoms with E-state index in [4.69, 9.17) is 0 Å². The molecule has 0 radical (unpaired) electrons. The first-order chi connectivity index (χ1) is 6.77. The maximum Gasteiger partial charge on any atom is 0.0248 e. The van der Waals surface area contributed by atoms with E-state index in [2.05, 4.69) is 40.9 Å². The highest BCUT2D eigenvalue weighted by molar-refractivity contribution is 7.07. The number of piperazine rings is 1. The van der Waals surface area contributed by atoms with E-state index in [9.17, 15) is 0 Å². The van der Waals surface area contributed by atoms with Crippen LogP contribution in [0.5, 0.6) is 0 Å². The largest absolute Gasteiger partial charge is 0.314 e. The minimum absolute atomic E-state index is 0. The first-order valence-electron chi connectivity index (χ1n) is 5.25. The summed E-state index contributed by atoms with van der Waals surface area (Å²) in [6.07, 6.45) is 0. The van der Waals surface area contributed by atoms with Crippen LogP contribution in [0, 0.1) is 0 Å². The molecule has 1 N–H and O–H groups in total. The molecule has 2 heterocycles. The summed E-state index contributed by atoms with van der Waals surface area (Å²) in [6.45, 7) is 7.94. The molecular weight excluding hydrogens is 228 g/mol. The van der Waals surface area contributed by atoms with Crippen LogP contribution in [0.3, 0.4) is 0 Å². The average Bonchev–Trinajstić information content (AvgIpc) is 2.64. The Kier molecular flexibility index (Phi) is 5.06. The third-order valence-corrected chi connectivity index (χ3v) is 3.69. The molecule has 2 rings (SSSR count). The second-order valence-corrected chi connectivity index (χ2v) is 4.94. The van der Waals surface area contributed by atoms with E-state index in [0.717, 1.165) is 19.6 Å². The molecule has 1 aliphatic rings. The van der Waals surface area contributed by atoms with Crippen LogP contribution in [0.4, 0.5) is 0 Å². The monoisotopic (exact) mass is 246 g/mol. The van der Waals surface area contributed by atoms with Crippen molar-refractivity contribution in [1.29, 1.82) is 0 Å². The zero-order chi connectivity index (χ0) is 9.97. The fraction of sp³-hybridized carbons (Fsp3) is 0.636. The lowest BCUT2D eigenvalue weighted by atomic mass is 10.1. The number of nitrogens with zero attached hydrogens (tertiary/aromatic N) is 1. The van der Waals surface area contributed by atoms with Gasteiger partial charge in [-0.25, -0.2) is 0 Å². The quantitative estimate of drug-likeness (QED) is 0.862. The molecule has 0 saturated carbocycles. The van der Waals surface area contributed by atoms with Gasteiger partial charge in [0, 0.05) is 31.7 Å². The van der Waals surface area contributed by atoms with Gasteiger partial charge in [0.25, 0.3) is 0 Å². The maximum atomic E-state index is 3.45. The van der Waals surface area contributed by atoms with Gasteiger partial charge in [0.1, 0.15) is 0 Å². The van der Waals surface area contributed by atoms with E-state index in [0.29, 0.717) is 12.1 Å². The highest BCUT2D eigenvalue weighted by atomic mass is 35.5. The van der Waals surface area contributed by atoms with Crippen LogP contribution in [0.2, 0.25) is 0 Å². The van der Waals surface area contributed by atoms with E-state index in [-0.39, 0.29) is 12.4 Å². The van der Waals surface area contributed by atoms with Gasteiger partial charge in [0.2, 0.25) is 0 Å². The van der Waals surface area contributed by atoms with Crippen molar-refractivity contribution in [3.8, 4) is 0 Å². The summed E-state index contributed by atoms with van der Waals surface area (Å²) in [5.74, 6) is 0. The highest BCUT2D eigenvalue weighted by Gasteiger charge is 2.24. The van der Waals surface area contributed by atoms with Crippen molar-refractivity contribution in [3.63, 3.8) is 0 Å². The van der Waals surface area contributed by atoms with Crippen molar-refractivity contribution < 1.29 is 0 Å². The Balaban J connectivity index is 0.00000112. The van der Waals surface area contributed by atoms with E-state index < -0.39 is 0 Å². The van der Waals surface area contributed by atoms with Crippen molar-refractivity contribution in [2.45, 2.75) is 32.5 Å². The van der Waals surface area contributed by atoms with Gasteiger partial charge in [-0.3, -0.25) is 4.90 Å². The highest BCUT2D eigenvalue weighted by Crippen LogP contribution is 2.16. The minimum Gasteiger partial charge on any atom is -0.314 e. The van der Waals surface area contributed by atoms with Gasteiger partial charge in [-0.2, -0.15) is 11.3 Å².